The van der Waals surface area contributed by atoms with Gasteiger partial charge in [0.1, 0.15) is 5.82 Å². The summed E-state index contributed by atoms with van der Waals surface area (Å²) >= 11 is 0. The van der Waals surface area contributed by atoms with E-state index in [1.54, 1.807) is 0 Å². The smallest absolute Gasteiger partial charge is 0.418 e. The second kappa shape index (κ2) is 7.58. The third-order valence-corrected chi connectivity index (χ3v) is 7.22. The molecule has 2 fully saturated rings. The largest absolute Gasteiger partial charge is 0.491 e. The highest BCUT2D eigenvalue weighted by molar-refractivity contribution is 5.76. The summed E-state index contributed by atoms with van der Waals surface area (Å²) in [5.74, 6) is 2.65. The molecular formula is C23H24F3N5O2. The van der Waals surface area contributed by atoms with Crippen LogP contribution in [-0.2, 0) is 25.7 Å². The van der Waals surface area contributed by atoms with E-state index in [9.17, 15) is 13.2 Å². The summed E-state index contributed by atoms with van der Waals surface area (Å²) in [4.78, 5) is 15.5. The Bertz CT molecular complexity index is 1200. The zero-order valence-electron chi connectivity index (χ0n) is 18.2. The number of pyridine rings is 2. The molecule has 1 unspecified atom stereocenters. The zero-order valence-corrected chi connectivity index (χ0v) is 18.2. The number of likely N-dealkylation sites (tertiary alicyclic amines) is 1. The maximum atomic E-state index is 12.9. The maximum absolute atomic E-state index is 12.9. The van der Waals surface area contributed by atoms with E-state index in [1.807, 2.05) is 6.20 Å². The Balaban J connectivity index is 1.07. The Labute approximate surface area is 188 Å². The van der Waals surface area contributed by atoms with Crippen molar-refractivity contribution in [2.75, 3.05) is 26.8 Å². The van der Waals surface area contributed by atoms with Gasteiger partial charge in [-0.2, -0.15) is 13.2 Å². The lowest BCUT2D eigenvalue weighted by molar-refractivity contribution is -0.138. The molecule has 0 bridgehead atoms. The fourth-order valence-electron chi connectivity index (χ4n) is 5.49. The molecule has 6 rings (SSSR count). The number of fused-ring (bicyclic) bond motifs is 1. The standard InChI is InChI=1S/C23H24F3N5O2/c1-32-18-7-14(23(24,25)26)8-28-22(18)33-12-17-15-9-30(10-16(15)17)11-19-29-21-20-13(4-5-27-21)3-2-6-31(19)20/h4-5,7-8,15-17H,2-3,6,9-12H2,1H3/t15-,16?,17+/m0/s1. The Morgan fingerprint density at radius 3 is 2.76 bits per heavy atom. The van der Waals surface area contributed by atoms with Gasteiger partial charge < -0.3 is 14.0 Å². The number of ether oxygens (including phenoxy) is 2. The Morgan fingerprint density at radius 2 is 2.00 bits per heavy atom. The quantitative estimate of drug-likeness (QED) is 0.562. The molecule has 10 heteroatoms. The number of rotatable bonds is 6. The zero-order chi connectivity index (χ0) is 22.7. The SMILES string of the molecule is COc1cc(C(F)(F)F)cnc1OC[C@H]1C2CN(Cc3nc4nccc5c4n3CCC5)C[C@@H]21. The van der Waals surface area contributed by atoms with E-state index in [0.29, 0.717) is 24.4 Å². The van der Waals surface area contributed by atoms with Crippen molar-refractivity contribution in [2.24, 2.45) is 17.8 Å². The molecule has 1 saturated carbocycles. The van der Waals surface area contributed by atoms with Crippen molar-refractivity contribution in [2.45, 2.75) is 32.1 Å². The van der Waals surface area contributed by atoms with Gasteiger partial charge in [-0.05, 0) is 42.4 Å². The lowest BCUT2D eigenvalue weighted by Crippen LogP contribution is -2.27. The molecule has 174 valence electrons. The summed E-state index contributed by atoms with van der Waals surface area (Å²) in [6.07, 6.45) is 0.376. The Morgan fingerprint density at radius 1 is 1.18 bits per heavy atom. The molecule has 0 N–H and O–H groups in total. The number of hydrogen-bond donors (Lipinski definition) is 0. The van der Waals surface area contributed by atoms with E-state index in [0.717, 1.165) is 62.8 Å². The minimum atomic E-state index is -4.47. The molecule has 2 aliphatic heterocycles. The predicted molar refractivity (Wildman–Crippen MR) is 113 cm³/mol. The molecule has 7 nitrogen and oxygen atoms in total. The second-order valence-electron chi connectivity index (χ2n) is 9.15. The number of aryl methyl sites for hydroxylation is 2. The van der Waals surface area contributed by atoms with Crippen molar-refractivity contribution in [1.29, 1.82) is 0 Å². The van der Waals surface area contributed by atoms with Gasteiger partial charge in [0.05, 0.1) is 31.3 Å². The highest BCUT2D eigenvalue weighted by Crippen LogP contribution is 2.52. The summed E-state index contributed by atoms with van der Waals surface area (Å²) < 4.78 is 51.8. The van der Waals surface area contributed by atoms with Gasteiger partial charge in [-0.1, -0.05) is 0 Å². The number of imidazole rings is 1. The van der Waals surface area contributed by atoms with Crippen molar-refractivity contribution in [3.63, 3.8) is 0 Å². The van der Waals surface area contributed by atoms with Crippen LogP contribution in [0.1, 0.15) is 23.4 Å². The molecule has 3 aromatic heterocycles. The predicted octanol–water partition coefficient (Wildman–Crippen LogP) is 3.56. The van der Waals surface area contributed by atoms with Gasteiger partial charge in [0.15, 0.2) is 11.4 Å². The van der Waals surface area contributed by atoms with Crippen LogP contribution in [0.4, 0.5) is 13.2 Å². The summed E-state index contributed by atoms with van der Waals surface area (Å²) in [6.45, 7) is 4.18. The van der Waals surface area contributed by atoms with Gasteiger partial charge in [-0.15, -0.1) is 0 Å². The van der Waals surface area contributed by atoms with Crippen LogP contribution in [0.15, 0.2) is 24.5 Å². The van der Waals surface area contributed by atoms with Gasteiger partial charge >= 0.3 is 6.18 Å². The topological polar surface area (TPSA) is 65.3 Å². The minimum absolute atomic E-state index is 0.00517. The van der Waals surface area contributed by atoms with Crippen molar-refractivity contribution in [1.82, 2.24) is 24.4 Å². The summed E-state index contributed by atoms with van der Waals surface area (Å²) in [6, 6.07) is 3.03. The summed E-state index contributed by atoms with van der Waals surface area (Å²) in [7, 11) is 1.32. The Kier molecular flexibility index (Phi) is 4.76. The monoisotopic (exact) mass is 459 g/mol. The van der Waals surface area contributed by atoms with Crippen LogP contribution >= 0.6 is 0 Å². The summed E-state index contributed by atoms with van der Waals surface area (Å²) in [5.41, 5.74) is 2.51. The molecule has 5 heterocycles. The van der Waals surface area contributed by atoms with Crippen molar-refractivity contribution in [3.05, 3.63) is 41.5 Å². The first-order chi connectivity index (χ1) is 15.9. The lowest BCUT2D eigenvalue weighted by atomic mass is 10.1. The Hall–Kier alpha value is -2.88. The molecule has 1 aliphatic carbocycles. The molecule has 3 atom stereocenters. The number of methoxy groups -OCH3 is 1. The number of hydrogen-bond acceptors (Lipinski definition) is 6. The van der Waals surface area contributed by atoms with Crippen LogP contribution in [0.2, 0.25) is 0 Å². The minimum Gasteiger partial charge on any atom is -0.491 e. The lowest BCUT2D eigenvalue weighted by Gasteiger charge is -2.21. The third kappa shape index (κ3) is 3.60. The fraction of sp³-hybridized carbons (Fsp3) is 0.522. The highest BCUT2D eigenvalue weighted by Gasteiger charge is 2.56. The first-order valence-electron chi connectivity index (χ1n) is 11.2. The van der Waals surface area contributed by atoms with Gasteiger partial charge in [-0.25, -0.2) is 15.0 Å². The third-order valence-electron chi connectivity index (χ3n) is 7.22. The molecular weight excluding hydrogens is 435 g/mol. The van der Waals surface area contributed by atoms with E-state index in [4.69, 9.17) is 14.5 Å². The van der Waals surface area contributed by atoms with Gasteiger partial charge in [0.25, 0.3) is 5.88 Å². The van der Waals surface area contributed by atoms with E-state index in [-0.39, 0.29) is 11.6 Å². The molecule has 0 spiro atoms. The molecule has 33 heavy (non-hydrogen) atoms. The fourth-order valence-corrected chi connectivity index (χ4v) is 5.49. The van der Waals surface area contributed by atoms with E-state index in [2.05, 4.69) is 25.5 Å². The van der Waals surface area contributed by atoms with Crippen LogP contribution in [-0.4, -0.2) is 51.2 Å². The van der Waals surface area contributed by atoms with Crippen LogP contribution in [0.3, 0.4) is 0 Å². The second-order valence-corrected chi connectivity index (χ2v) is 9.15. The highest BCUT2D eigenvalue weighted by atomic mass is 19.4. The molecule has 3 aromatic rings. The van der Waals surface area contributed by atoms with E-state index < -0.39 is 11.7 Å². The van der Waals surface area contributed by atoms with Crippen molar-refractivity contribution in [3.8, 4) is 11.6 Å². The van der Waals surface area contributed by atoms with Crippen LogP contribution in [0.5, 0.6) is 11.6 Å². The molecule has 1 saturated heterocycles. The van der Waals surface area contributed by atoms with Gasteiger partial charge in [0, 0.05) is 37.9 Å². The number of nitrogens with zero attached hydrogens (tertiary/aromatic N) is 5. The van der Waals surface area contributed by atoms with E-state index in [1.165, 1.54) is 18.2 Å². The number of piperidine rings is 1. The first kappa shape index (κ1) is 20.7. The maximum Gasteiger partial charge on any atom is 0.418 e. The first-order valence-corrected chi connectivity index (χ1v) is 11.2. The average molecular weight is 459 g/mol. The molecule has 0 radical (unpaired) electrons. The number of halogens is 3. The van der Waals surface area contributed by atoms with Crippen molar-refractivity contribution >= 4 is 11.2 Å². The number of aromatic nitrogens is 4. The van der Waals surface area contributed by atoms with Crippen LogP contribution in [0.25, 0.3) is 11.2 Å². The molecule has 3 aliphatic rings. The normalized spacial score (nSPS) is 24.2. The molecule has 0 amide bonds. The summed E-state index contributed by atoms with van der Waals surface area (Å²) in [5, 5.41) is 0. The van der Waals surface area contributed by atoms with Gasteiger partial charge in [0.2, 0.25) is 0 Å². The van der Waals surface area contributed by atoms with Crippen LogP contribution in [0, 0.1) is 17.8 Å². The number of alkyl halides is 3. The van der Waals surface area contributed by atoms with Crippen molar-refractivity contribution < 1.29 is 22.6 Å². The molecule has 0 aromatic carbocycles. The van der Waals surface area contributed by atoms with Gasteiger partial charge in [-0.3, -0.25) is 4.90 Å². The average Bonchev–Trinajstić information content (AvgIpc) is 3.10. The van der Waals surface area contributed by atoms with E-state index >= 15 is 0 Å². The van der Waals surface area contributed by atoms with Crippen LogP contribution < -0.4 is 9.47 Å².